The first-order valence-corrected chi connectivity index (χ1v) is 8.75. The standard InChI is InChI=1S/C18H17N5OS/c1-10-3-4-11(2)15(7-10)19-9-16(24)22-18-21-14-6-5-13-12(8-20-23-13)17(14)25-18/h3-8,19H,9H2,1-2H3,(H,20,23)(H,21,22,24). The first-order chi connectivity index (χ1) is 12.1. The zero-order valence-electron chi connectivity index (χ0n) is 13.9. The van der Waals surface area contributed by atoms with Crippen molar-refractivity contribution in [2.45, 2.75) is 13.8 Å². The molecule has 2 aromatic heterocycles. The molecule has 25 heavy (non-hydrogen) atoms. The van der Waals surface area contributed by atoms with Crippen LogP contribution in [0.25, 0.3) is 21.1 Å². The number of nitrogens with one attached hydrogen (secondary N) is 3. The van der Waals surface area contributed by atoms with Crippen molar-refractivity contribution < 1.29 is 4.79 Å². The lowest BCUT2D eigenvalue weighted by molar-refractivity contribution is -0.114. The van der Waals surface area contributed by atoms with Gasteiger partial charge in [-0.25, -0.2) is 4.98 Å². The van der Waals surface area contributed by atoms with Gasteiger partial charge in [0.1, 0.15) is 0 Å². The Bertz CT molecular complexity index is 1080. The predicted molar refractivity (Wildman–Crippen MR) is 102 cm³/mol. The van der Waals surface area contributed by atoms with Gasteiger partial charge in [-0.2, -0.15) is 5.10 Å². The molecule has 0 radical (unpaired) electrons. The summed E-state index contributed by atoms with van der Waals surface area (Å²) < 4.78 is 1.02. The minimum atomic E-state index is -0.122. The van der Waals surface area contributed by atoms with Gasteiger partial charge in [-0.3, -0.25) is 9.89 Å². The highest BCUT2D eigenvalue weighted by Gasteiger charge is 2.11. The summed E-state index contributed by atoms with van der Waals surface area (Å²) in [6.45, 7) is 4.24. The number of carbonyl (C=O) groups is 1. The molecule has 0 saturated heterocycles. The van der Waals surface area contributed by atoms with E-state index in [1.165, 1.54) is 11.3 Å². The highest BCUT2D eigenvalue weighted by molar-refractivity contribution is 7.23. The topological polar surface area (TPSA) is 82.7 Å². The summed E-state index contributed by atoms with van der Waals surface area (Å²) in [6, 6.07) is 10.0. The van der Waals surface area contributed by atoms with Crippen LogP contribution in [0, 0.1) is 13.8 Å². The fourth-order valence-corrected chi connectivity index (χ4v) is 3.72. The van der Waals surface area contributed by atoms with Crippen LogP contribution >= 0.6 is 11.3 Å². The average molecular weight is 351 g/mol. The van der Waals surface area contributed by atoms with E-state index in [2.05, 4.69) is 31.9 Å². The molecule has 0 saturated carbocycles. The Morgan fingerprint density at radius 2 is 2.12 bits per heavy atom. The van der Waals surface area contributed by atoms with Crippen LogP contribution < -0.4 is 10.6 Å². The minimum absolute atomic E-state index is 0.122. The second kappa shape index (κ2) is 6.18. The van der Waals surface area contributed by atoms with Gasteiger partial charge in [0.15, 0.2) is 5.13 Å². The number of carbonyl (C=O) groups excluding carboxylic acids is 1. The molecule has 3 N–H and O–H groups in total. The number of benzene rings is 2. The molecule has 2 aromatic carbocycles. The van der Waals surface area contributed by atoms with Gasteiger partial charge in [-0.15, -0.1) is 0 Å². The molecule has 0 unspecified atom stereocenters. The third-order valence-electron chi connectivity index (χ3n) is 4.05. The molecule has 0 aliphatic rings. The van der Waals surface area contributed by atoms with Crippen LogP contribution in [0.5, 0.6) is 0 Å². The first-order valence-electron chi connectivity index (χ1n) is 7.94. The monoisotopic (exact) mass is 351 g/mol. The van der Waals surface area contributed by atoms with E-state index < -0.39 is 0 Å². The maximum absolute atomic E-state index is 12.2. The van der Waals surface area contributed by atoms with Crippen LogP contribution in [0.3, 0.4) is 0 Å². The lowest BCUT2D eigenvalue weighted by atomic mass is 10.1. The van der Waals surface area contributed by atoms with Gasteiger partial charge in [0.25, 0.3) is 0 Å². The van der Waals surface area contributed by atoms with Gasteiger partial charge < -0.3 is 10.6 Å². The number of aryl methyl sites for hydroxylation is 2. The molecule has 126 valence electrons. The maximum Gasteiger partial charge on any atom is 0.245 e. The molecular formula is C18H17N5OS. The molecule has 0 fully saturated rings. The minimum Gasteiger partial charge on any atom is -0.376 e. The SMILES string of the molecule is Cc1ccc(C)c(NCC(=O)Nc2nc3ccc4[nH]ncc4c3s2)c1. The zero-order chi connectivity index (χ0) is 17.4. The van der Waals surface area contributed by atoms with E-state index in [1.807, 2.05) is 38.1 Å². The number of hydrogen-bond donors (Lipinski definition) is 3. The third-order valence-corrected chi connectivity index (χ3v) is 5.07. The Morgan fingerprint density at radius 1 is 1.24 bits per heavy atom. The Hall–Kier alpha value is -2.93. The van der Waals surface area contributed by atoms with Crippen molar-refractivity contribution in [2.75, 3.05) is 17.2 Å². The molecule has 0 bridgehead atoms. The van der Waals surface area contributed by atoms with Crippen molar-refractivity contribution in [3.8, 4) is 0 Å². The van der Waals surface area contributed by atoms with Gasteiger partial charge in [-0.05, 0) is 43.2 Å². The lowest BCUT2D eigenvalue weighted by Gasteiger charge is -2.09. The molecule has 4 aromatic rings. The summed E-state index contributed by atoms with van der Waals surface area (Å²) in [5.74, 6) is -0.122. The van der Waals surface area contributed by atoms with Crippen molar-refractivity contribution in [3.63, 3.8) is 0 Å². The fraction of sp³-hybridized carbons (Fsp3) is 0.167. The van der Waals surface area contributed by atoms with Gasteiger partial charge >= 0.3 is 0 Å². The molecule has 2 heterocycles. The first kappa shape index (κ1) is 15.6. The van der Waals surface area contributed by atoms with Crippen LogP contribution in [0.1, 0.15) is 11.1 Å². The van der Waals surface area contributed by atoms with Crippen LogP contribution in [0.4, 0.5) is 10.8 Å². The molecule has 7 heteroatoms. The van der Waals surface area contributed by atoms with E-state index >= 15 is 0 Å². The smallest absolute Gasteiger partial charge is 0.245 e. The van der Waals surface area contributed by atoms with E-state index in [-0.39, 0.29) is 12.5 Å². The van der Waals surface area contributed by atoms with Gasteiger partial charge in [0.2, 0.25) is 5.91 Å². The number of nitrogens with zero attached hydrogens (tertiary/aromatic N) is 2. The summed E-state index contributed by atoms with van der Waals surface area (Å²) in [5, 5.41) is 14.7. The number of amides is 1. The second-order valence-electron chi connectivity index (χ2n) is 5.98. The van der Waals surface area contributed by atoms with Gasteiger partial charge in [0.05, 0.1) is 28.5 Å². The Morgan fingerprint density at radius 3 is 3.00 bits per heavy atom. The van der Waals surface area contributed by atoms with Crippen LogP contribution in [0.2, 0.25) is 0 Å². The number of anilines is 2. The Balaban J connectivity index is 1.49. The third kappa shape index (κ3) is 3.06. The Labute approximate surface area is 148 Å². The van der Waals surface area contributed by atoms with E-state index in [4.69, 9.17) is 0 Å². The van der Waals surface area contributed by atoms with Crippen LogP contribution in [-0.2, 0) is 4.79 Å². The largest absolute Gasteiger partial charge is 0.376 e. The highest BCUT2D eigenvalue weighted by atomic mass is 32.1. The lowest BCUT2D eigenvalue weighted by Crippen LogP contribution is -2.22. The van der Waals surface area contributed by atoms with E-state index in [0.29, 0.717) is 5.13 Å². The van der Waals surface area contributed by atoms with E-state index in [1.54, 1.807) is 6.20 Å². The average Bonchev–Trinajstić information content (AvgIpc) is 3.21. The second-order valence-corrected chi connectivity index (χ2v) is 6.98. The number of aromatic amines is 1. The number of H-pyrrole nitrogens is 1. The highest BCUT2D eigenvalue weighted by Crippen LogP contribution is 2.31. The predicted octanol–water partition coefficient (Wildman–Crippen LogP) is 3.84. The van der Waals surface area contributed by atoms with E-state index in [9.17, 15) is 4.79 Å². The summed E-state index contributed by atoms with van der Waals surface area (Å²) in [6.07, 6.45) is 1.78. The molecular weight excluding hydrogens is 334 g/mol. The van der Waals surface area contributed by atoms with Crippen molar-refractivity contribution in [3.05, 3.63) is 47.7 Å². The number of fused-ring (bicyclic) bond motifs is 3. The number of rotatable bonds is 4. The molecule has 0 aliphatic heterocycles. The Kier molecular flexibility index (Phi) is 3.85. The van der Waals surface area contributed by atoms with Crippen LogP contribution in [0.15, 0.2) is 36.5 Å². The zero-order valence-corrected chi connectivity index (χ0v) is 14.7. The van der Waals surface area contributed by atoms with Crippen molar-refractivity contribution >= 4 is 49.2 Å². The summed E-state index contributed by atoms with van der Waals surface area (Å²) >= 11 is 1.46. The van der Waals surface area contributed by atoms with Gasteiger partial charge in [-0.1, -0.05) is 23.5 Å². The maximum atomic E-state index is 12.2. The number of thiazole rings is 1. The normalized spacial score (nSPS) is 11.1. The number of hydrogen-bond acceptors (Lipinski definition) is 5. The molecule has 0 aliphatic carbocycles. The molecule has 4 rings (SSSR count). The summed E-state index contributed by atoms with van der Waals surface area (Å²) in [7, 11) is 0. The van der Waals surface area contributed by atoms with E-state index in [0.717, 1.165) is 37.9 Å². The van der Waals surface area contributed by atoms with Crippen molar-refractivity contribution in [1.82, 2.24) is 15.2 Å². The molecule has 6 nitrogen and oxygen atoms in total. The fourth-order valence-electron chi connectivity index (χ4n) is 2.72. The van der Waals surface area contributed by atoms with Crippen molar-refractivity contribution in [2.24, 2.45) is 0 Å². The summed E-state index contributed by atoms with van der Waals surface area (Å²) in [5.41, 5.74) is 5.06. The molecule has 1 amide bonds. The van der Waals surface area contributed by atoms with Gasteiger partial charge in [0, 0.05) is 11.1 Å². The van der Waals surface area contributed by atoms with Crippen LogP contribution in [-0.4, -0.2) is 27.6 Å². The molecule has 0 atom stereocenters. The van der Waals surface area contributed by atoms with Crippen molar-refractivity contribution in [1.29, 1.82) is 0 Å². The summed E-state index contributed by atoms with van der Waals surface area (Å²) in [4.78, 5) is 16.7. The number of aromatic nitrogens is 3. The molecule has 0 spiro atoms. The quantitative estimate of drug-likeness (QED) is 0.522.